The fourth-order valence-electron chi connectivity index (χ4n) is 2.38. The molecule has 3 aromatic carbocycles. The molecule has 4 heteroatoms. The van der Waals surface area contributed by atoms with Crippen molar-refractivity contribution in [3.63, 3.8) is 0 Å². The van der Waals surface area contributed by atoms with Gasteiger partial charge in [0.2, 0.25) is 0 Å². The molecule has 0 saturated carbocycles. The third-order valence-corrected chi connectivity index (χ3v) is 3.83. The highest BCUT2D eigenvalue weighted by molar-refractivity contribution is 5.85. The van der Waals surface area contributed by atoms with Gasteiger partial charge in [-0.15, -0.1) is 0 Å². The van der Waals surface area contributed by atoms with Crippen LogP contribution >= 0.6 is 0 Å². The minimum atomic E-state index is 0.228. The van der Waals surface area contributed by atoms with E-state index < -0.39 is 0 Å². The predicted octanol–water partition coefficient (Wildman–Crippen LogP) is 4.95. The van der Waals surface area contributed by atoms with Crippen LogP contribution in [0.25, 0.3) is 0 Å². The quantitative estimate of drug-likeness (QED) is 0.650. The van der Waals surface area contributed by atoms with Gasteiger partial charge in [0.15, 0.2) is 0 Å². The summed E-state index contributed by atoms with van der Waals surface area (Å²) in [4.78, 5) is 6.47. The summed E-state index contributed by atoms with van der Waals surface area (Å²) in [6.45, 7) is 0. The van der Waals surface area contributed by atoms with Crippen LogP contribution in [0.4, 0.5) is 22.7 Å². The van der Waals surface area contributed by atoms with Gasteiger partial charge in [0.1, 0.15) is 5.75 Å². The van der Waals surface area contributed by atoms with Crippen LogP contribution in [0.2, 0.25) is 0 Å². The highest BCUT2D eigenvalue weighted by Crippen LogP contribution is 2.23. The van der Waals surface area contributed by atoms with Crippen molar-refractivity contribution in [1.82, 2.24) is 0 Å². The SMILES string of the molecule is CN(C)c1ccc(Nc2ccc(N=Cc3ccccc3O)cc2)cc1. The number of nitrogens with one attached hydrogen (secondary N) is 1. The van der Waals surface area contributed by atoms with Gasteiger partial charge in [0.25, 0.3) is 0 Å². The van der Waals surface area contributed by atoms with Crippen molar-refractivity contribution < 1.29 is 5.11 Å². The second-order valence-electron chi connectivity index (χ2n) is 5.93. The maximum Gasteiger partial charge on any atom is 0.124 e. The van der Waals surface area contributed by atoms with Crippen LogP contribution in [-0.2, 0) is 0 Å². The molecule has 2 N–H and O–H groups in total. The molecule has 0 aromatic heterocycles. The normalized spacial score (nSPS) is 10.8. The Labute approximate surface area is 148 Å². The Morgan fingerprint density at radius 2 is 1.44 bits per heavy atom. The topological polar surface area (TPSA) is 47.9 Å². The summed E-state index contributed by atoms with van der Waals surface area (Å²) >= 11 is 0. The van der Waals surface area contributed by atoms with E-state index in [0.29, 0.717) is 5.56 Å². The van der Waals surface area contributed by atoms with Gasteiger partial charge in [0.05, 0.1) is 5.69 Å². The molecule has 0 radical (unpaired) electrons. The molecule has 0 saturated heterocycles. The molecular formula is C21H21N3O. The largest absolute Gasteiger partial charge is 0.507 e. The Morgan fingerprint density at radius 3 is 2.04 bits per heavy atom. The van der Waals surface area contributed by atoms with E-state index in [4.69, 9.17) is 0 Å². The van der Waals surface area contributed by atoms with Crippen LogP contribution in [0.3, 0.4) is 0 Å². The molecule has 0 aliphatic carbocycles. The Morgan fingerprint density at radius 1 is 0.840 bits per heavy atom. The van der Waals surface area contributed by atoms with E-state index >= 15 is 0 Å². The van der Waals surface area contributed by atoms with Gasteiger partial charge in [-0.1, -0.05) is 12.1 Å². The van der Waals surface area contributed by atoms with Crippen molar-refractivity contribution >= 4 is 29.0 Å². The van der Waals surface area contributed by atoms with E-state index in [2.05, 4.69) is 39.5 Å². The lowest BCUT2D eigenvalue weighted by molar-refractivity contribution is 0.474. The van der Waals surface area contributed by atoms with Crippen LogP contribution in [0.1, 0.15) is 5.56 Å². The first-order valence-corrected chi connectivity index (χ1v) is 8.08. The second-order valence-corrected chi connectivity index (χ2v) is 5.93. The fraction of sp³-hybridized carbons (Fsp3) is 0.0952. The molecule has 0 amide bonds. The molecule has 0 unspecified atom stereocenters. The molecule has 3 rings (SSSR count). The van der Waals surface area contributed by atoms with Crippen molar-refractivity contribution in [1.29, 1.82) is 0 Å². The van der Waals surface area contributed by atoms with E-state index in [9.17, 15) is 5.11 Å². The molecule has 3 aromatic rings. The van der Waals surface area contributed by atoms with E-state index in [1.165, 1.54) is 5.69 Å². The molecule has 0 atom stereocenters. The number of hydrogen-bond acceptors (Lipinski definition) is 4. The maximum atomic E-state index is 9.75. The van der Waals surface area contributed by atoms with Gasteiger partial charge < -0.3 is 15.3 Å². The molecule has 126 valence electrons. The van der Waals surface area contributed by atoms with Crippen LogP contribution in [-0.4, -0.2) is 25.4 Å². The molecule has 0 fully saturated rings. The van der Waals surface area contributed by atoms with E-state index in [-0.39, 0.29) is 5.75 Å². The lowest BCUT2D eigenvalue weighted by Crippen LogP contribution is -2.08. The zero-order valence-electron chi connectivity index (χ0n) is 14.3. The van der Waals surface area contributed by atoms with Crippen molar-refractivity contribution in [3.05, 3.63) is 78.4 Å². The summed E-state index contributed by atoms with van der Waals surface area (Å²) in [5.41, 5.74) is 4.73. The molecule has 4 nitrogen and oxygen atoms in total. The smallest absolute Gasteiger partial charge is 0.124 e. The highest BCUT2D eigenvalue weighted by atomic mass is 16.3. The number of para-hydroxylation sites is 1. The van der Waals surface area contributed by atoms with E-state index in [1.807, 2.05) is 50.5 Å². The zero-order chi connectivity index (χ0) is 17.6. The number of rotatable bonds is 5. The summed E-state index contributed by atoms with van der Waals surface area (Å²) in [5.74, 6) is 0.228. The van der Waals surface area contributed by atoms with Crippen LogP contribution < -0.4 is 10.2 Å². The number of anilines is 3. The molecule has 0 spiro atoms. The number of benzene rings is 3. The van der Waals surface area contributed by atoms with E-state index in [1.54, 1.807) is 18.3 Å². The van der Waals surface area contributed by atoms with Gasteiger partial charge in [-0.2, -0.15) is 0 Å². The average Bonchev–Trinajstić information content (AvgIpc) is 2.63. The first kappa shape index (κ1) is 16.6. The lowest BCUT2D eigenvalue weighted by Gasteiger charge is -2.13. The van der Waals surface area contributed by atoms with Gasteiger partial charge >= 0.3 is 0 Å². The third kappa shape index (κ3) is 4.38. The summed E-state index contributed by atoms with van der Waals surface area (Å²) in [6, 6.07) is 23.2. The number of aromatic hydroxyl groups is 1. The Kier molecular flexibility index (Phi) is 5.00. The van der Waals surface area contributed by atoms with Gasteiger partial charge in [-0.05, 0) is 60.7 Å². The first-order valence-electron chi connectivity index (χ1n) is 8.08. The number of nitrogens with zero attached hydrogens (tertiary/aromatic N) is 2. The lowest BCUT2D eigenvalue weighted by atomic mass is 10.2. The standard InChI is InChI=1S/C21H21N3O/c1-24(2)20-13-11-19(12-14-20)23-18-9-7-17(8-10-18)22-15-16-5-3-4-6-21(16)25/h3-15,23,25H,1-2H3. The third-order valence-electron chi connectivity index (χ3n) is 3.83. The maximum absolute atomic E-state index is 9.75. The fourth-order valence-corrected chi connectivity index (χ4v) is 2.38. The number of hydrogen-bond donors (Lipinski definition) is 2. The summed E-state index contributed by atoms with van der Waals surface area (Å²) in [5, 5.41) is 13.1. The molecule has 0 heterocycles. The monoisotopic (exact) mass is 331 g/mol. The molecular weight excluding hydrogens is 310 g/mol. The number of aliphatic imine (C=N–C) groups is 1. The van der Waals surface area contributed by atoms with Crippen LogP contribution in [0.5, 0.6) is 5.75 Å². The Bertz CT molecular complexity index is 853. The molecule has 0 bridgehead atoms. The second kappa shape index (κ2) is 7.53. The average molecular weight is 331 g/mol. The summed E-state index contributed by atoms with van der Waals surface area (Å²) in [6.07, 6.45) is 1.66. The number of phenolic OH excluding ortho intramolecular Hbond substituents is 1. The van der Waals surface area contributed by atoms with Crippen molar-refractivity contribution in [2.75, 3.05) is 24.3 Å². The summed E-state index contributed by atoms with van der Waals surface area (Å²) < 4.78 is 0. The van der Waals surface area contributed by atoms with Gasteiger partial charge in [0, 0.05) is 42.9 Å². The van der Waals surface area contributed by atoms with Crippen LogP contribution in [0, 0.1) is 0 Å². The van der Waals surface area contributed by atoms with Crippen molar-refractivity contribution in [2.24, 2.45) is 4.99 Å². The highest BCUT2D eigenvalue weighted by Gasteiger charge is 1.98. The zero-order valence-corrected chi connectivity index (χ0v) is 14.3. The van der Waals surface area contributed by atoms with Crippen LogP contribution in [0.15, 0.2) is 77.8 Å². The van der Waals surface area contributed by atoms with Crippen molar-refractivity contribution in [3.8, 4) is 5.75 Å². The van der Waals surface area contributed by atoms with Gasteiger partial charge in [-0.3, -0.25) is 4.99 Å². The molecule has 0 aliphatic heterocycles. The Balaban J connectivity index is 1.67. The molecule has 25 heavy (non-hydrogen) atoms. The predicted molar refractivity (Wildman–Crippen MR) is 106 cm³/mol. The number of phenols is 1. The first-order chi connectivity index (χ1) is 12.1. The minimum Gasteiger partial charge on any atom is -0.507 e. The minimum absolute atomic E-state index is 0.228. The summed E-state index contributed by atoms with van der Waals surface area (Å²) in [7, 11) is 4.05. The van der Waals surface area contributed by atoms with Crippen molar-refractivity contribution in [2.45, 2.75) is 0 Å². The van der Waals surface area contributed by atoms with E-state index in [0.717, 1.165) is 17.1 Å². The Hall–Kier alpha value is -3.27. The molecule has 0 aliphatic rings. The van der Waals surface area contributed by atoms with Gasteiger partial charge in [-0.25, -0.2) is 0 Å².